The molecule has 0 aromatic rings. The zero-order valence-corrected chi connectivity index (χ0v) is 7.17. The molecule has 1 atom stereocenters. The van der Waals surface area contributed by atoms with Gasteiger partial charge in [-0.15, -0.1) is 0 Å². The summed E-state index contributed by atoms with van der Waals surface area (Å²) in [4.78, 5) is 9.93. The van der Waals surface area contributed by atoms with Crippen LogP contribution in [0.4, 0.5) is 0 Å². The molecule has 0 aromatic heterocycles. The quantitative estimate of drug-likeness (QED) is 0.666. The number of hydrogen-bond donors (Lipinski definition) is 1. The molecule has 0 aromatic carbocycles. The second-order valence-corrected chi connectivity index (χ2v) is 2.61. The molecule has 1 aliphatic heterocycles. The predicted molar refractivity (Wildman–Crippen MR) is 42.5 cm³/mol. The molecule has 1 N–H and O–H groups in total. The van der Waals surface area contributed by atoms with Gasteiger partial charge in [0, 0.05) is 13.2 Å². The maximum Gasteiger partial charge on any atom is 0.306 e. The molecule has 0 amide bonds. The molecular formula is C8H16O3. The first-order valence-electron chi connectivity index (χ1n) is 3.99. The van der Waals surface area contributed by atoms with Gasteiger partial charge in [0.2, 0.25) is 0 Å². The molecule has 1 unspecified atom stereocenters. The van der Waals surface area contributed by atoms with E-state index < -0.39 is 5.97 Å². The second kappa shape index (κ2) is 6.16. The summed E-state index contributed by atoms with van der Waals surface area (Å²) in [5, 5.41) is 8.18. The molecule has 0 spiro atoms. The molecule has 0 radical (unpaired) electrons. The maximum absolute atomic E-state index is 9.93. The summed E-state index contributed by atoms with van der Waals surface area (Å²) in [6, 6.07) is 0. The number of aliphatic carboxylic acids is 1. The van der Waals surface area contributed by atoms with Crippen LogP contribution in [0.1, 0.15) is 26.7 Å². The lowest BCUT2D eigenvalue weighted by atomic mass is 10.1. The molecule has 1 aliphatic rings. The highest BCUT2D eigenvalue weighted by Gasteiger charge is 2.05. The lowest BCUT2D eigenvalue weighted by Gasteiger charge is -2.09. The smallest absolute Gasteiger partial charge is 0.306 e. The first-order valence-corrected chi connectivity index (χ1v) is 3.99. The molecule has 1 rings (SSSR count). The molecular weight excluding hydrogens is 144 g/mol. The van der Waals surface area contributed by atoms with E-state index in [1.165, 1.54) is 6.42 Å². The Kier molecular flexibility index (Phi) is 5.84. The first kappa shape index (κ1) is 10.4. The van der Waals surface area contributed by atoms with Gasteiger partial charge in [0.05, 0.1) is 5.92 Å². The summed E-state index contributed by atoms with van der Waals surface area (Å²) < 4.78 is 4.72. The predicted octanol–water partition coefficient (Wildman–Crippen LogP) is 1.52. The molecule has 66 valence electrons. The van der Waals surface area contributed by atoms with Crippen LogP contribution < -0.4 is 0 Å². The third kappa shape index (κ3) is 5.85. The van der Waals surface area contributed by atoms with Crippen molar-refractivity contribution >= 4 is 5.97 Å². The summed E-state index contributed by atoms with van der Waals surface area (Å²) in [6.07, 6.45) is 2.00. The maximum atomic E-state index is 9.93. The zero-order valence-electron chi connectivity index (χ0n) is 7.17. The third-order valence-electron chi connectivity index (χ3n) is 1.61. The average Bonchev–Trinajstić information content (AvgIpc) is 1.82. The lowest BCUT2D eigenvalue weighted by molar-refractivity contribution is -0.141. The molecule has 0 saturated carbocycles. The van der Waals surface area contributed by atoms with Gasteiger partial charge in [-0.1, -0.05) is 13.8 Å². The summed E-state index contributed by atoms with van der Waals surface area (Å²) in [7, 11) is 0. The Morgan fingerprint density at radius 3 is 2.00 bits per heavy atom. The van der Waals surface area contributed by atoms with E-state index in [0.717, 1.165) is 19.6 Å². The minimum Gasteiger partial charge on any atom is -0.481 e. The van der Waals surface area contributed by atoms with E-state index in [4.69, 9.17) is 9.84 Å². The van der Waals surface area contributed by atoms with Gasteiger partial charge in [-0.05, 0) is 12.8 Å². The van der Waals surface area contributed by atoms with Crippen LogP contribution >= 0.6 is 0 Å². The van der Waals surface area contributed by atoms with Crippen LogP contribution in [0.2, 0.25) is 0 Å². The highest BCUT2D eigenvalue weighted by molar-refractivity contribution is 5.69. The van der Waals surface area contributed by atoms with Crippen LogP contribution in [-0.2, 0) is 9.53 Å². The number of rotatable bonds is 2. The van der Waals surface area contributed by atoms with Crippen molar-refractivity contribution in [3.63, 3.8) is 0 Å². The Bertz CT molecular complexity index is 104. The van der Waals surface area contributed by atoms with E-state index in [2.05, 4.69) is 0 Å². The van der Waals surface area contributed by atoms with E-state index in [0.29, 0.717) is 0 Å². The molecule has 3 nitrogen and oxygen atoms in total. The van der Waals surface area contributed by atoms with Gasteiger partial charge < -0.3 is 9.84 Å². The van der Waals surface area contributed by atoms with Crippen molar-refractivity contribution in [3.05, 3.63) is 0 Å². The molecule has 0 aliphatic carbocycles. The standard InChI is InChI=1S/C5H10O2.C3H6O/c1-3-4(2)5(6)7;1-2-4-3-1/h4H,3H2,1-2H3,(H,6,7);1-3H2. The highest BCUT2D eigenvalue weighted by atomic mass is 16.5. The lowest BCUT2D eigenvalue weighted by Crippen LogP contribution is -2.09. The van der Waals surface area contributed by atoms with E-state index in [1.807, 2.05) is 6.92 Å². The third-order valence-corrected chi connectivity index (χ3v) is 1.61. The number of ether oxygens (including phenoxy) is 1. The minimum absolute atomic E-state index is 0.181. The Hall–Kier alpha value is -0.570. The van der Waals surface area contributed by atoms with E-state index in [-0.39, 0.29) is 5.92 Å². The van der Waals surface area contributed by atoms with Crippen molar-refractivity contribution in [1.82, 2.24) is 0 Å². The van der Waals surface area contributed by atoms with Gasteiger partial charge in [0.1, 0.15) is 0 Å². The normalized spacial score (nSPS) is 17.3. The van der Waals surface area contributed by atoms with E-state index >= 15 is 0 Å². The van der Waals surface area contributed by atoms with Crippen molar-refractivity contribution in [2.45, 2.75) is 26.7 Å². The van der Waals surface area contributed by atoms with Crippen LogP contribution in [0.25, 0.3) is 0 Å². The van der Waals surface area contributed by atoms with Crippen molar-refractivity contribution in [3.8, 4) is 0 Å². The van der Waals surface area contributed by atoms with E-state index in [1.54, 1.807) is 6.92 Å². The summed E-state index contributed by atoms with van der Waals surface area (Å²) in [5.74, 6) is -0.887. The zero-order chi connectivity index (χ0) is 8.69. The van der Waals surface area contributed by atoms with Crippen LogP contribution in [0.5, 0.6) is 0 Å². The van der Waals surface area contributed by atoms with Gasteiger partial charge in [-0.2, -0.15) is 0 Å². The molecule has 1 saturated heterocycles. The Labute approximate surface area is 67.4 Å². The number of carbonyl (C=O) groups is 1. The second-order valence-electron chi connectivity index (χ2n) is 2.61. The van der Waals surface area contributed by atoms with Crippen LogP contribution in [0, 0.1) is 5.92 Å². The Morgan fingerprint density at radius 1 is 1.64 bits per heavy atom. The topological polar surface area (TPSA) is 46.5 Å². The van der Waals surface area contributed by atoms with Gasteiger partial charge in [0.15, 0.2) is 0 Å². The fourth-order valence-corrected chi connectivity index (χ4v) is 0.319. The van der Waals surface area contributed by atoms with Crippen molar-refractivity contribution in [2.24, 2.45) is 5.92 Å². The van der Waals surface area contributed by atoms with Crippen LogP contribution in [0.15, 0.2) is 0 Å². The summed E-state index contributed by atoms with van der Waals surface area (Å²) >= 11 is 0. The SMILES string of the molecule is C1COC1.CCC(C)C(=O)O. The Balaban J connectivity index is 0.000000207. The Morgan fingerprint density at radius 2 is 2.00 bits per heavy atom. The number of carboxylic acids is 1. The molecule has 1 heterocycles. The van der Waals surface area contributed by atoms with Gasteiger partial charge in [-0.3, -0.25) is 4.79 Å². The van der Waals surface area contributed by atoms with Gasteiger partial charge >= 0.3 is 5.97 Å². The molecule has 11 heavy (non-hydrogen) atoms. The van der Waals surface area contributed by atoms with Crippen LogP contribution in [-0.4, -0.2) is 24.3 Å². The van der Waals surface area contributed by atoms with Crippen molar-refractivity contribution < 1.29 is 14.6 Å². The number of carboxylic acid groups (broad SMARTS) is 1. The number of hydrogen-bond acceptors (Lipinski definition) is 2. The van der Waals surface area contributed by atoms with Crippen LogP contribution in [0.3, 0.4) is 0 Å². The fourth-order valence-electron chi connectivity index (χ4n) is 0.319. The fraction of sp³-hybridized carbons (Fsp3) is 0.875. The van der Waals surface area contributed by atoms with E-state index in [9.17, 15) is 4.79 Å². The average molecular weight is 160 g/mol. The van der Waals surface area contributed by atoms with Crippen molar-refractivity contribution in [1.29, 1.82) is 0 Å². The van der Waals surface area contributed by atoms with Gasteiger partial charge in [0.25, 0.3) is 0 Å². The van der Waals surface area contributed by atoms with Crippen molar-refractivity contribution in [2.75, 3.05) is 13.2 Å². The summed E-state index contributed by atoms with van der Waals surface area (Å²) in [5.41, 5.74) is 0. The molecule has 0 bridgehead atoms. The first-order chi connectivity index (χ1) is 5.18. The minimum atomic E-state index is -0.706. The molecule has 1 fully saturated rings. The summed E-state index contributed by atoms with van der Waals surface area (Å²) in [6.45, 7) is 5.56. The largest absolute Gasteiger partial charge is 0.481 e. The van der Waals surface area contributed by atoms with Gasteiger partial charge in [-0.25, -0.2) is 0 Å². The monoisotopic (exact) mass is 160 g/mol. The highest BCUT2D eigenvalue weighted by Crippen LogP contribution is 1.97. The molecule has 3 heteroatoms.